The second-order valence-corrected chi connectivity index (χ2v) is 4.44. The molecule has 1 aromatic carbocycles. The van der Waals surface area contributed by atoms with Gasteiger partial charge < -0.3 is 4.40 Å². The maximum Gasteiger partial charge on any atom is 0.0881 e. The first-order valence-corrected chi connectivity index (χ1v) is 5.44. The van der Waals surface area contributed by atoms with Gasteiger partial charge in [0.15, 0.2) is 0 Å². The number of benzene rings is 1. The molecule has 0 amide bonds. The maximum absolute atomic E-state index is 4.42. The second kappa shape index (κ2) is 2.95. The highest BCUT2D eigenvalue weighted by molar-refractivity contribution is 14.1. The van der Waals surface area contributed by atoms with E-state index in [1.54, 1.807) is 0 Å². The van der Waals surface area contributed by atoms with Crippen molar-refractivity contribution in [3.05, 3.63) is 46.3 Å². The largest absolute Gasteiger partial charge is 0.314 e. The topological polar surface area (TPSA) is 17.3 Å². The zero-order valence-electron chi connectivity index (χ0n) is 7.31. The van der Waals surface area contributed by atoms with Crippen LogP contribution in [0.25, 0.3) is 16.6 Å². The molecular formula is C11H7IN2. The van der Waals surface area contributed by atoms with E-state index in [1.807, 2.05) is 12.3 Å². The standard InChI is InChI=1S/C11H7IN2/c12-8-3-4-11-10(6-8)13-7-9-2-1-5-14(9)11/h1-7H. The summed E-state index contributed by atoms with van der Waals surface area (Å²) in [5, 5.41) is 0. The highest BCUT2D eigenvalue weighted by atomic mass is 127. The van der Waals surface area contributed by atoms with Crippen molar-refractivity contribution in [3.63, 3.8) is 0 Å². The van der Waals surface area contributed by atoms with Crippen molar-refractivity contribution in [1.29, 1.82) is 0 Å². The second-order valence-electron chi connectivity index (χ2n) is 3.19. The molecule has 3 rings (SSSR count). The lowest BCUT2D eigenvalue weighted by atomic mass is 10.3. The van der Waals surface area contributed by atoms with Crippen LogP contribution in [0.1, 0.15) is 0 Å². The van der Waals surface area contributed by atoms with E-state index < -0.39 is 0 Å². The summed E-state index contributed by atoms with van der Waals surface area (Å²) in [7, 11) is 0. The Morgan fingerprint density at radius 2 is 2.14 bits per heavy atom. The number of hydrogen-bond acceptors (Lipinski definition) is 1. The first kappa shape index (κ1) is 8.23. The summed E-state index contributed by atoms with van der Waals surface area (Å²) in [6.45, 7) is 0. The van der Waals surface area contributed by atoms with Gasteiger partial charge >= 0.3 is 0 Å². The Bertz CT molecular complexity index is 613. The van der Waals surface area contributed by atoms with Gasteiger partial charge in [0, 0.05) is 9.77 Å². The Kier molecular flexibility index (Phi) is 1.73. The fourth-order valence-corrected chi connectivity index (χ4v) is 2.13. The quantitative estimate of drug-likeness (QED) is 0.582. The van der Waals surface area contributed by atoms with E-state index in [-0.39, 0.29) is 0 Å². The van der Waals surface area contributed by atoms with Crippen LogP contribution in [0.5, 0.6) is 0 Å². The number of hydrogen-bond donors (Lipinski definition) is 0. The van der Waals surface area contributed by atoms with E-state index in [0.29, 0.717) is 0 Å². The lowest BCUT2D eigenvalue weighted by Gasteiger charge is -2.01. The summed E-state index contributed by atoms with van der Waals surface area (Å²) in [5.74, 6) is 0. The highest BCUT2D eigenvalue weighted by Gasteiger charge is 2.00. The number of rotatable bonds is 0. The van der Waals surface area contributed by atoms with E-state index in [9.17, 15) is 0 Å². The molecule has 0 atom stereocenters. The Hall–Kier alpha value is -1.10. The molecule has 0 aliphatic carbocycles. The minimum atomic E-state index is 1.04. The summed E-state index contributed by atoms with van der Waals surface area (Å²) < 4.78 is 3.37. The Labute approximate surface area is 94.7 Å². The van der Waals surface area contributed by atoms with Gasteiger partial charge in [-0.2, -0.15) is 0 Å². The van der Waals surface area contributed by atoms with Gasteiger partial charge in [-0.1, -0.05) is 0 Å². The monoisotopic (exact) mass is 294 g/mol. The van der Waals surface area contributed by atoms with E-state index in [2.05, 4.69) is 62.4 Å². The zero-order chi connectivity index (χ0) is 9.54. The molecule has 2 nitrogen and oxygen atoms in total. The molecule has 0 N–H and O–H groups in total. The molecule has 14 heavy (non-hydrogen) atoms. The molecule has 0 aliphatic rings. The molecule has 3 aromatic rings. The normalized spacial score (nSPS) is 11.2. The van der Waals surface area contributed by atoms with Crippen LogP contribution >= 0.6 is 22.6 Å². The van der Waals surface area contributed by atoms with Crippen LogP contribution < -0.4 is 0 Å². The van der Waals surface area contributed by atoms with Crippen LogP contribution in [0.3, 0.4) is 0 Å². The molecule has 0 fully saturated rings. The maximum atomic E-state index is 4.42. The smallest absolute Gasteiger partial charge is 0.0881 e. The van der Waals surface area contributed by atoms with Gasteiger partial charge in [0.05, 0.1) is 22.7 Å². The molecule has 0 aliphatic heterocycles. The minimum absolute atomic E-state index is 1.04. The van der Waals surface area contributed by atoms with E-state index in [4.69, 9.17) is 0 Å². The minimum Gasteiger partial charge on any atom is -0.314 e. The first-order valence-electron chi connectivity index (χ1n) is 4.36. The summed E-state index contributed by atoms with van der Waals surface area (Å²) >= 11 is 2.30. The van der Waals surface area contributed by atoms with Crippen molar-refractivity contribution >= 4 is 39.1 Å². The molecule has 0 saturated carbocycles. The predicted octanol–water partition coefficient (Wildman–Crippen LogP) is 3.09. The van der Waals surface area contributed by atoms with Crippen molar-refractivity contribution in [3.8, 4) is 0 Å². The van der Waals surface area contributed by atoms with Crippen LogP contribution in [0.15, 0.2) is 42.7 Å². The molecule has 68 valence electrons. The number of halogens is 1. The van der Waals surface area contributed by atoms with Crippen molar-refractivity contribution in [1.82, 2.24) is 9.38 Å². The van der Waals surface area contributed by atoms with Crippen molar-refractivity contribution < 1.29 is 0 Å². The molecule has 2 heterocycles. The molecule has 2 aromatic heterocycles. The van der Waals surface area contributed by atoms with Gasteiger partial charge in [-0.3, -0.25) is 4.98 Å². The molecule has 0 unspecified atom stereocenters. The molecular weight excluding hydrogens is 287 g/mol. The highest BCUT2D eigenvalue weighted by Crippen LogP contribution is 2.17. The van der Waals surface area contributed by atoms with E-state index >= 15 is 0 Å². The van der Waals surface area contributed by atoms with Crippen LogP contribution in [0.4, 0.5) is 0 Å². The summed E-state index contributed by atoms with van der Waals surface area (Å²) in [4.78, 5) is 4.42. The average molecular weight is 294 g/mol. The Balaban J connectivity index is 2.57. The van der Waals surface area contributed by atoms with Crippen molar-refractivity contribution in [2.75, 3.05) is 0 Å². The predicted molar refractivity (Wildman–Crippen MR) is 65.4 cm³/mol. The van der Waals surface area contributed by atoms with Gasteiger partial charge in [0.25, 0.3) is 0 Å². The molecule has 0 spiro atoms. The van der Waals surface area contributed by atoms with Crippen LogP contribution in [-0.4, -0.2) is 9.38 Å². The van der Waals surface area contributed by atoms with Gasteiger partial charge in [-0.15, -0.1) is 0 Å². The fraction of sp³-hybridized carbons (Fsp3) is 0. The SMILES string of the molecule is Ic1ccc2c(c1)ncc1cccn12. The summed E-state index contributed by atoms with van der Waals surface area (Å²) in [6.07, 6.45) is 3.96. The van der Waals surface area contributed by atoms with Gasteiger partial charge in [0.1, 0.15) is 0 Å². The van der Waals surface area contributed by atoms with Crippen LogP contribution in [0, 0.1) is 3.57 Å². The summed E-state index contributed by atoms with van der Waals surface area (Å²) in [6, 6.07) is 10.4. The van der Waals surface area contributed by atoms with Crippen LogP contribution in [-0.2, 0) is 0 Å². The third-order valence-electron chi connectivity index (χ3n) is 2.31. The van der Waals surface area contributed by atoms with E-state index in [1.165, 1.54) is 3.57 Å². The third-order valence-corrected chi connectivity index (χ3v) is 2.98. The zero-order valence-corrected chi connectivity index (χ0v) is 9.47. The fourth-order valence-electron chi connectivity index (χ4n) is 1.66. The van der Waals surface area contributed by atoms with Gasteiger partial charge in [-0.25, -0.2) is 0 Å². The first-order chi connectivity index (χ1) is 6.84. The van der Waals surface area contributed by atoms with Gasteiger partial charge in [0.2, 0.25) is 0 Å². The number of nitrogens with zero attached hydrogens (tertiary/aromatic N) is 2. The molecule has 0 radical (unpaired) electrons. The Morgan fingerprint density at radius 1 is 1.21 bits per heavy atom. The lowest BCUT2D eigenvalue weighted by Crippen LogP contribution is -1.89. The number of aromatic nitrogens is 2. The summed E-state index contributed by atoms with van der Waals surface area (Å²) in [5.41, 5.74) is 3.34. The van der Waals surface area contributed by atoms with E-state index in [0.717, 1.165) is 16.6 Å². The van der Waals surface area contributed by atoms with Gasteiger partial charge in [-0.05, 0) is 52.9 Å². The average Bonchev–Trinajstić information content (AvgIpc) is 2.65. The molecule has 0 saturated heterocycles. The van der Waals surface area contributed by atoms with Crippen molar-refractivity contribution in [2.45, 2.75) is 0 Å². The number of fused-ring (bicyclic) bond motifs is 3. The third kappa shape index (κ3) is 1.12. The Morgan fingerprint density at radius 3 is 3.07 bits per heavy atom. The lowest BCUT2D eigenvalue weighted by molar-refractivity contribution is 1.23. The molecule has 3 heteroatoms. The van der Waals surface area contributed by atoms with Crippen molar-refractivity contribution in [2.24, 2.45) is 0 Å². The molecule has 0 bridgehead atoms. The van der Waals surface area contributed by atoms with Crippen LogP contribution in [0.2, 0.25) is 0 Å².